The maximum atomic E-state index is 3.88. The normalized spacial score (nSPS) is 22.8. The van der Waals surface area contributed by atoms with E-state index in [1.54, 1.807) is 0 Å². The van der Waals surface area contributed by atoms with Crippen molar-refractivity contribution in [2.75, 3.05) is 13.6 Å². The van der Waals surface area contributed by atoms with E-state index in [0.29, 0.717) is 0 Å². The highest BCUT2D eigenvalue weighted by Gasteiger charge is 1.98. The monoisotopic (exact) mass is 102 g/mol. The molecule has 0 aliphatic carbocycles. The van der Waals surface area contributed by atoms with Crippen LogP contribution in [0.25, 0.3) is 0 Å². The van der Waals surface area contributed by atoms with Crippen molar-refractivity contribution < 1.29 is 0 Å². The maximum absolute atomic E-state index is 3.88. The lowest BCUT2D eigenvalue weighted by Crippen LogP contribution is -2.03. The first kappa shape index (κ1) is 4.15. The van der Waals surface area contributed by atoms with Gasteiger partial charge in [-0.15, -0.1) is 0 Å². The predicted octanol–water partition coefficient (Wildman–Crippen LogP) is 0.566. The molecule has 1 aliphatic heterocycles. The fourth-order valence-electron chi connectivity index (χ4n) is 0.295. The summed E-state index contributed by atoms with van der Waals surface area (Å²) in [4.78, 5) is 0. The second kappa shape index (κ2) is 1.62. The topological polar surface area (TPSA) is 15.6 Å². The van der Waals surface area contributed by atoms with Crippen LogP contribution in [0.3, 0.4) is 0 Å². The van der Waals surface area contributed by atoms with Crippen molar-refractivity contribution in [2.24, 2.45) is 4.40 Å². The summed E-state index contributed by atoms with van der Waals surface area (Å²) in [5.74, 6) is 0. The van der Waals surface area contributed by atoms with Gasteiger partial charge in [0.05, 0.1) is 12.1 Å². The van der Waals surface area contributed by atoms with Crippen LogP contribution in [-0.2, 0) is 0 Å². The number of hydrogen-bond donors (Lipinski definition) is 0. The van der Waals surface area contributed by atoms with Crippen LogP contribution in [-0.4, -0.2) is 24.1 Å². The SMILES string of the molecule is CN1CC=NS1. The smallest absolute Gasteiger partial charge is 0.0613 e. The van der Waals surface area contributed by atoms with Crippen LogP contribution >= 0.6 is 12.1 Å². The van der Waals surface area contributed by atoms with E-state index in [-0.39, 0.29) is 0 Å². The molecule has 2 nitrogen and oxygen atoms in total. The van der Waals surface area contributed by atoms with Crippen molar-refractivity contribution in [2.45, 2.75) is 0 Å². The fraction of sp³-hybridized carbons (Fsp3) is 0.667. The summed E-state index contributed by atoms with van der Waals surface area (Å²) in [6.45, 7) is 0.991. The first-order chi connectivity index (χ1) is 2.89. The van der Waals surface area contributed by atoms with Gasteiger partial charge in [0.2, 0.25) is 0 Å². The largest absolute Gasteiger partial charge is 0.229 e. The molecule has 3 heteroatoms. The Balaban J connectivity index is 2.32. The molecule has 0 aromatic rings. The highest BCUT2D eigenvalue weighted by molar-refractivity contribution is 7.96. The van der Waals surface area contributed by atoms with E-state index in [9.17, 15) is 0 Å². The third kappa shape index (κ3) is 0.725. The highest BCUT2D eigenvalue weighted by atomic mass is 32.2. The third-order valence-electron chi connectivity index (χ3n) is 0.600. The van der Waals surface area contributed by atoms with Gasteiger partial charge in [-0.25, -0.2) is 8.70 Å². The quantitative estimate of drug-likeness (QED) is 0.415. The van der Waals surface area contributed by atoms with E-state index >= 15 is 0 Å². The van der Waals surface area contributed by atoms with E-state index in [2.05, 4.69) is 8.70 Å². The van der Waals surface area contributed by atoms with Gasteiger partial charge in [0.15, 0.2) is 0 Å². The van der Waals surface area contributed by atoms with Crippen LogP contribution in [0.15, 0.2) is 4.40 Å². The Morgan fingerprint density at radius 1 is 2.00 bits per heavy atom. The Labute approximate surface area is 41.5 Å². The van der Waals surface area contributed by atoms with Crippen molar-refractivity contribution in [3.8, 4) is 0 Å². The molecule has 34 valence electrons. The van der Waals surface area contributed by atoms with Gasteiger partial charge in [-0.1, -0.05) is 0 Å². The lowest BCUT2D eigenvalue weighted by Gasteiger charge is -1.96. The number of nitrogens with zero attached hydrogens (tertiary/aromatic N) is 2. The minimum Gasteiger partial charge on any atom is -0.229 e. The zero-order valence-corrected chi connectivity index (χ0v) is 4.40. The minimum atomic E-state index is 0.991. The molecule has 6 heavy (non-hydrogen) atoms. The first-order valence-electron chi connectivity index (χ1n) is 1.80. The molecule has 0 saturated carbocycles. The Morgan fingerprint density at radius 2 is 2.83 bits per heavy atom. The van der Waals surface area contributed by atoms with Crippen molar-refractivity contribution in [3.05, 3.63) is 0 Å². The fourth-order valence-corrected chi connectivity index (χ4v) is 0.723. The van der Waals surface area contributed by atoms with E-state index in [0.717, 1.165) is 6.54 Å². The van der Waals surface area contributed by atoms with Crippen molar-refractivity contribution in [3.63, 3.8) is 0 Å². The summed E-state index contributed by atoms with van der Waals surface area (Å²) in [5.41, 5.74) is 0. The second-order valence-electron chi connectivity index (χ2n) is 1.18. The molecule has 0 amide bonds. The van der Waals surface area contributed by atoms with Gasteiger partial charge in [0, 0.05) is 12.8 Å². The molecule has 0 fully saturated rings. The van der Waals surface area contributed by atoms with Gasteiger partial charge >= 0.3 is 0 Å². The van der Waals surface area contributed by atoms with Gasteiger partial charge in [-0.2, -0.15) is 0 Å². The predicted molar refractivity (Wildman–Crippen MR) is 28.7 cm³/mol. The van der Waals surface area contributed by atoms with E-state index in [4.69, 9.17) is 0 Å². The van der Waals surface area contributed by atoms with E-state index in [1.807, 2.05) is 13.3 Å². The summed E-state index contributed by atoms with van der Waals surface area (Å²) in [6, 6.07) is 0. The summed E-state index contributed by atoms with van der Waals surface area (Å²) < 4.78 is 5.94. The Bertz CT molecular complexity index is 63.2. The molecule has 1 heterocycles. The van der Waals surface area contributed by atoms with Gasteiger partial charge in [-0.05, 0) is 7.05 Å². The van der Waals surface area contributed by atoms with Crippen molar-refractivity contribution in [1.29, 1.82) is 0 Å². The van der Waals surface area contributed by atoms with Crippen LogP contribution in [0.4, 0.5) is 0 Å². The van der Waals surface area contributed by atoms with Gasteiger partial charge in [-0.3, -0.25) is 0 Å². The molecule has 0 spiro atoms. The van der Waals surface area contributed by atoms with Crippen molar-refractivity contribution >= 4 is 18.3 Å². The molecule has 0 aromatic heterocycles. The highest BCUT2D eigenvalue weighted by Crippen LogP contribution is 2.10. The van der Waals surface area contributed by atoms with Crippen LogP contribution < -0.4 is 0 Å². The zero-order valence-electron chi connectivity index (χ0n) is 3.59. The molecule has 1 aliphatic rings. The minimum absolute atomic E-state index is 0.991. The van der Waals surface area contributed by atoms with Gasteiger partial charge in [0.25, 0.3) is 0 Å². The van der Waals surface area contributed by atoms with Crippen LogP contribution in [0.5, 0.6) is 0 Å². The van der Waals surface area contributed by atoms with E-state index in [1.165, 1.54) is 12.1 Å². The Hall–Kier alpha value is -0.0200. The van der Waals surface area contributed by atoms with E-state index < -0.39 is 0 Å². The Kier molecular flexibility index (Phi) is 1.12. The molecule has 0 bridgehead atoms. The molecule has 0 radical (unpaired) electrons. The molecule has 0 aromatic carbocycles. The van der Waals surface area contributed by atoms with Crippen LogP contribution in [0.1, 0.15) is 0 Å². The molecule has 0 atom stereocenters. The number of hydrogen-bond acceptors (Lipinski definition) is 3. The summed E-state index contributed by atoms with van der Waals surface area (Å²) in [6.07, 6.45) is 1.89. The van der Waals surface area contributed by atoms with Crippen LogP contribution in [0.2, 0.25) is 0 Å². The van der Waals surface area contributed by atoms with Gasteiger partial charge < -0.3 is 0 Å². The molecule has 0 saturated heterocycles. The Morgan fingerprint density at radius 3 is 3.00 bits per heavy atom. The lowest BCUT2D eigenvalue weighted by atomic mass is 10.7. The summed E-state index contributed by atoms with van der Waals surface area (Å²) in [7, 11) is 2.01. The second-order valence-corrected chi connectivity index (χ2v) is 2.18. The molecular weight excluding hydrogens is 96.1 g/mol. The zero-order chi connectivity index (χ0) is 4.41. The average molecular weight is 102 g/mol. The van der Waals surface area contributed by atoms with Crippen molar-refractivity contribution in [1.82, 2.24) is 4.31 Å². The van der Waals surface area contributed by atoms with Crippen LogP contribution in [0, 0.1) is 0 Å². The first-order valence-corrected chi connectivity index (χ1v) is 2.53. The molecule has 0 unspecified atom stereocenters. The standard InChI is InChI=1S/C3H6N2S/c1-5-3-2-4-6-5/h2H,3H2,1H3. The lowest BCUT2D eigenvalue weighted by molar-refractivity contribution is 0.672. The molecule has 1 rings (SSSR count). The maximum Gasteiger partial charge on any atom is 0.0613 e. The molecule has 0 N–H and O–H groups in total. The average Bonchev–Trinajstić information content (AvgIpc) is 1.86. The third-order valence-corrected chi connectivity index (χ3v) is 1.27. The summed E-state index contributed by atoms with van der Waals surface area (Å²) >= 11 is 1.50. The summed E-state index contributed by atoms with van der Waals surface area (Å²) in [5, 5.41) is 0. The number of rotatable bonds is 0. The van der Waals surface area contributed by atoms with Gasteiger partial charge in [0.1, 0.15) is 0 Å². The molecular formula is C3H6N2S.